The summed E-state index contributed by atoms with van der Waals surface area (Å²) in [6.07, 6.45) is 0. The average Bonchev–Trinajstić information content (AvgIpc) is 2.69. The number of hydrogen-bond donors (Lipinski definition) is 1. The molecule has 0 aliphatic heterocycles. The zero-order valence-corrected chi connectivity index (χ0v) is 16.0. The first kappa shape index (κ1) is 19.6. The maximum absolute atomic E-state index is 13.5. The summed E-state index contributed by atoms with van der Waals surface area (Å²) in [5, 5.41) is 8.05. The molecule has 1 heterocycles. The molecule has 3 aromatic rings. The molecule has 0 saturated heterocycles. The molecule has 28 heavy (non-hydrogen) atoms. The van der Waals surface area contributed by atoms with Crippen molar-refractivity contribution >= 4 is 15.7 Å². The van der Waals surface area contributed by atoms with Crippen LogP contribution in [-0.2, 0) is 10.0 Å². The lowest BCUT2D eigenvalue weighted by Crippen LogP contribution is -2.13. The van der Waals surface area contributed by atoms with Gasteiger partial charge in [0, 0.05) is 23.4 Å². The predicted octanol–water partition coefficient (Wildman–Crippen LogP) is 3.49. The van der Waals surface area contributed by atoms with Crippen molar-refractivity contribution in [2.45, 2.75) is 11.8 Å². The molecule has 0 atom stereocenters. The van der Waals surface area contributed by atoms with Crippen LogP contribution in [0, 0.1) is 5.82 Å². The van der Waals surface area contributed by atoms with Crippen molar-refractivity contribution in [3.8, 4) is 22.9 Å². The van der Waals surface area contributed by atoms with Crippen LogP contribution in [0.1, 0.15) is 6.92 Å². The van der Waals surface area contributed by atoms with E-state index >= 15 is 0 Å². The number of hydrogen-bond acceptors (Lipinski definition) is 6. The van der Waals surface area contributed by atoms with Gasteiger partial charge in [-0.25, -0.2) is 12.8 Å². The van der Waals surface area contributed by atoms with Gasteiger partial charge in [-0.15, -0.1) is 10.2 Å². The molecule has 0 bridgehead atoms. The van der Waals surface area contributed by atoms with E-state index in [0.29, 0.717) is 29.4 Å². The summed E-state index contributed by atoms with van der Waals surface area (Å²) in [5.41, 5.74) is 1.57. The van der Waals surface area contributed by atoms with E-state index in [1.54, 1.807) is 36.4 Å². The van der Waals surface area contributed by atoms with E-state index in [4.69, 9.17) is 9.47 Å². The van der Waals surface area contributed by atoms with Crippen LogP contribution in [0.15, 0.2) is 59.5 Å². The topological polar surface area (TPSA) is 90.4 Å². The van der Waals surface area contributed by atoms with Gasteiger partial charge in [-0.1, -0.05) is 12.1 Å². The Balaban J connectivity index is 1.86. The maximum Gasteiger partial charge on any atom is 0.262 e. The second kappa shape index (κ2) is 8.22. The highest BCUT2D eigenvalue weighted by Crippen LogP contribution is 2.26. The van der Waals surface area contributed by atoms with Gasteiger partial charge < -0.3 is 9.47 Å². The van der Waals surface area contributed by atoms with Gasteiger partial charge in [0.25, 0.3) is 10.0 Å². The van der Waals surface area contributed by atoms with Crippen LogP contribution in [0.3, 0.4) is 0 Å². The largest absolute Gasteiger partial charge is 0.494 e. The summed E-state index contributed by atoms with van der Waals surface area (Å²) in [4.78, 5) is -0.114. The van der Waals surface area contributed by atoms with Crippen molar-refractivity contribution in [3.05, 3.63) is 60.4 Å². The summed E-state index contributed by atoms with van der Waals surface area (Å²) < 4.78 is 51.3. The predicted molar refractivity (Wildman–Crippen MR) is 102 cm³/mol. The molecule has 0 aliphatic carbocycles. The molecular formula is C19H18FN3O4S. The number of benzene rings is 2. The van der Waals surface area contributed by atoms with Crippen LogP contribution >= 0.6 is 0 Å². The molecule has 0 fully saturated rings. The summed E-state index contributed by atoms with van der Waals surface area (Å²) >= 11 is 0. The van der Waals surface area contributed by atoms with E-state index < -0.39 is 15.8 Å². The van der Waals surface area contributed by atoms with Crippen LogP contribution in [0.25, 0.3) is 11.3 Å². The van der Waals surface area contributed by atoms with Crippen LogP contribution < -0.4 is 14.2 Å². The fraction of sp³-hybridized carbons (Fsp3) is 0.158. The number of nitrogens with zero attached hydrogens (tertiary/aromatic N) is 2. The highest BCUT2D eigenvalue weighted by atomic mass is 32.2. The van der Waals surface area contributed by atoms with Crippen molar-refractivity contribution in [2.75, 3.05) is 18.4 Å². The first-order chi connectivity index (χ1) is 13.4. The van der Waals surface area contributed by atoms with Crippen molar-refractivity contribution < 1.29 is 22.3 Å². The zero-order chi connectivity index (χ0) is 20.1. The SMILES string of the molecule is CCOc1ccc(-c2cccc(NS(=O)(=O)c3ccc(F)c(OC)c3)c2)nn1. The van der Waals surface area contributed by atoms with Gasteiger partial charge in [0.05, 0.1) is 24.3 Å². The van der Waals surface area contributed by atoms with Gasteiger partial charge in [-0.2, -0.15) is 0 Å². The fourth-order valence-electron chi connectivity index (χ4n) is 2.46. The lowest BCUT2D eigenvalue weighted by atomic mass is 10.1. The molecule has 1 N–H and O–H groups in total. The summed E-state index contributed by atoms with van der Waals surface area (Å²) in [5.74, 6) is -0.382. The Kier molecular flexibility index (Phi) is 5.74. The Bertz CT molecular complexity index is 1070. The van der Waals surface area contributed by atoms with Gasteiger partial charge in [0.15, 0.2) is 11.6 Å². The molecule has 2 aromatic carbocycles. The summed E-state index contributed by atoms with van der Waals surface area (Å²) in [7, 11) is -2.66. The number of ether oxygens (including phenoxy) is 2. The van der Waals surface area contributed by atoms with E-state index in [-0.39, 0.29) is 10.6 Å². The Morgan fingerprint density at radius 2 is 1.89 bits per heavy atom. The second-order valence-electron chi connectivity index (χ2n) is 5.67. The minimum Gasteiger partial charge on any atom is -0.494 e. The second-order valence-corrected chi connectivity index (χ2v) is 7.35. The van der Waals surface area contributed by atoms with Crippen LogP contribution in [0.4, 0.5) is 10.1 Å². The number of nitrogens with one attached hydrogen (secondary N) is 1. The third-order valence-electron chi connectivity index (χ3n) is 3.78. The van der Waals surface area contributed by atoms with Crippen LogP contribution in [0.5, 0.6) is 11.6 Å². The monoisotopic (exact) mass is 403 g/mol. The molecule has 0 saturated carbocycles. The molecule has 3 rings (SSSR count). The number of anilines is 1. The minimum atomic E-state index is -3.93. The van der Waals surface area contributed by atoms with Gasteiger partial charge in [-0.3, -0.25) is 4.72 Å². The van der Waals surface area contributed by atoms with Crippen molar-refractivity contribution in [3.63, 3.8) is 0 Å². The zero-order valence-electron chi connectivity index (χ0n) is 15.2. The molecule has 0 aliphatic rings. The number of halogens is 1. The molecule has 0 unspecified atom stereocenters. The van der Waals surface area contributed by atoms with Gasteiger partial charge in [0.2, 0.25) is 5.88 Å². The maximum atomic E-state index is 13.5. The highest BCUT2D eigenvalue weighted by molar-refractivity contribution is 7.92. The van der Waals surface area contributed by atoms with Crippen molar-refractivity contribution in [1.29, 1.82) is 0 Å². The number of aromatic nitrogens is 2. The number of rotatable bonds is 7. The van der Waals surface area contributed by atoms with E-state index in [0.717, 1.165) is 12.1 Å². The van der Waals surface area contributed by atoms with E-state index in [9.17, 15) is 12.8 Å². The first-order valence-electron chi connectivity index (χ1n) is 8.36. The van der Waals surface area contributed by atoms with E-state index in [2.05, 4.69) is 14.9 Å². The molecule has 0 radical (unpaired) electrons. The van der Waals surface area contributed by atoms with Crippen molar-refractivity contribution in [2.24, 2.45) is 0 Å². The summed E-state index contributed by atoms with van der Waals surface area (Å²) in [6.45, 7) is 2.33. The summed E-state index contributed by atoms with van der Waals surface area (Å²) in [6, 6.07) is 13.5. The van der Waals surface area contributed by atoms with Crippen molar-refractivity contribution in [1.82, 2.24) is 10.2 Å². The Hall–Kier alpha value is -3.20. The van der Waals surface area contributed by atoms with E-state index in [1.807, 2.05) is 6.92 Å². The van der Waals surface area contributed by atoms with Gasteiger partial charge in [0.1, 0.15) is 0 Å². The smallest absolute Gasteiger partial charge is 0.262 e. The quantitative estimate of drug-likeness (QED) is 0.649. The highest BCUT2D eigenvalue weighted by Gasteiger charge is 2.17. The third-order valence-corrected chi connectivity index (χ3v) is 5.15. The molecule has 9 heteroatoms. The number of sulfonamides is 1. The normalized spacial score (nSPS) is 11.1. The lowest BCUT2D eigenvalue weighted by Gasteiger charge is -2.11. The molecule has 1 aromatic heterocycles. The Labute approximate surface area is 162 Å². The molecule has 0 amide bonds. The number of methoxy groups -OCH3 is 1. The lowest BCUT2D eigenvalue weighted by molar-refractivity contribution is 0.323. The average molecular weight is 403 g/mol. The first-order valence-corrected chi connectivity index (χ1v) is 9.84. The molecular weight excluding hydrogens is 385 g/mol. The fourth-order valence-corrected chi connectivity index (χ4v) is 3.53. The minimum absolute atomic E-state index is 0.114. The van der Waals surface area contributed by atoms with Gasteiger partial charge >= 0.3 is 0 Å². The standard InChI is InChI=1S/C19H18FN3O4S/c1-3-27-19-10-9-17(21-22-19)13-5-4-6-14(11-13)23-28(24,25)15-7-8-16(20)18(12-15)26-2/h4-12,23H,3H2,1-2H3. The van der Waals surface area contributed by atoms with E-state index in [1.165, 1.54) is 13.2 Å². The van der Waals surface area contributed by atoms with Gasteiger partial charge in [-0.05, 0) is 37.3 Å². The Morgan fingerprint density at radius 3 is 2.57 bits per heavy atom. The molecule has 7 nitrogen and oxygen atoms in total. The Morgan fingerprint density at radius 1 is 1.07 bits per heavy atom. The molecule has 0 spiro atoms. The third kappa shape index (κ3) is 4.37. The van der Waals surface area contributed by atoms with Crippen LogP contribution in [-0.4, -0.2) is 32.3 Å². The van der Waals surface area contributed by atoms with Crippen LogP contribution in [0.2, 0.25) is 0 Å². The molecule has 146 valence electrons.